The van der Waals surface area contributed by atoms with Crippen LogP contribution in [0.25, 0.3) is 12.2 Å². The molecule has 2 aromatic carbocycles. The Morgan fingerprint density at radius 1 is 0.793 bits per heavy atom. The topological polar surface area (TPSA) is 93.1 Å². The van der Waals surface area contributed by atoms with Crippen molar-refractivity contribution >= 4 is 23.7 Å². The van der Waals surface area contributed by atoms with Crippen molar-refractivity contribution in [1.29, 1.82) is 0 Å². The van der Waals surface area contributed by atoms with Crippen molar-refractivity contribution in [2.45, 2.75) is 19.6 Å². The van der Waals surface area contributed by atoms with Crippen LogP contribution in [0.15, 0.2) is 48.6 Å². The van der Waals surface area contributed by atoms with Gasteiger partial charge in [-0.2, -0.15) is 0 Å². The minimum absolute atomic E-state index is 0.167. The Hall–Kier alpha value is -3.22. The molecule has 0 heterocycles. The number of carbonyl (C=O) groups is 2. The number of methoxy groups -OCH3 is 2. The zero-order chi connectivity index (χ0) is 21.2. The van der Waals surface area contributed by atoms with E-state index < -0.39 is 0 Å². The summed E-state index contributed by atoms with van der Waals surface area (Å²) in [7, 11) is 3.07. The zero-order valence-electron chi connectivity index (χ0n) is 16.4. The second-order valence-corrected chi connectivity index (χ2v) is 6.23. The second kappa shape index (κ2) is 10.9. The molecule has 0 aromatic heterocycles. The first-order chi connectivity index (χ1) is 14.0. The lowest BCUT2D eigenvalue weighted by molar-refractivity contribution is -0.121. The number of rotatable bonds is 10. The van der Waals surface area contributed by atoms with Crippen LogP contribution in [0.3, 0.4) is 0 Å². The van der Waals surface area contributed by atoms with Crippen molar-refractivity contribution in [3.8, 4) is 11.5 Å². The summed E-state index contributed by atoms with van der Waals surface area (Å²) in [6.45, 7) is -0.370. The smallest absolute Gasteiger partial charge is 0.163 e. The molecular weight excluding hydrogens is 372 g/mol. The Morgan fingerprint density at radius 3 is 1.90 bits per heavy atom. The summed E-state index contributed by atoms with van der Waals surface area (Å²) >= 11 is 0. The molecular formula is C23H24O6. The summed E-state index contributed by atoms with van der Waals surface area (Å²) in [5, 5.41) is 18.5. The van der Waals surface area contributed by atoms with Gasteiger partial charge in [-0.3, -0.25) is 9.59 Å². The normalized spacial score (nSPS) is 11.2. The Labute approximate surface area is 169 Å². The van der Waals surface area contributed by atoms with E-state index in [1.165, 1.54) is 19.3 Å². The minimum atomic E-state index is -0.330. The van der Waals surface area contributed by atoms with Crippen LogP contribution in [0.4, 0.5) is 0 Å². The SMILES string of the molecule is COc1ccc(C=CC(=O)CC(=O)C=Cc2ccc(CO)c(CO)c2)cc1OC. The lowest BCUT2D eigenvalue weighted by Crippen LogP contribution is -2.02. The van der Waals surface area contributed by atoms with E-state index in [-0.39, 0.29) is 31.2 Å². The van der Waals surface area contributed by atoms with Crippen LogP contribution in [0.2, 0.25) is 0 Å². The van der Waals surface area contributed by atoms with Gasteiger partial charge in [-0.1, -0.05) is 30.4 Å². The molecule has 0 spiro atoms. The van der Waals surface area contributed by atoms with E-state index in [0.29, 0.717) is 28.2 Å². The Morgan fingerprint density at radius 2 is 1.34 bits per heavy atom. The van der Waals surface area contributed by atoms with Gasteiger partial charge in [0.25, 0.3) is 0 Å². The molecule has 0 atom stereocenters. The third kappa shape index (κ3) is 6.41. The van der Waals surface area contributed by atoms with E-state index >= 15 is 0 Å². The lowest BCUT2D eigenvalue weighted by Gasteiger charge is -2.07. The fourth-order valence-corrected chi connectivity index (χ4v) is 2.68. The van der Waals surface area contributed by atoms with E-state index in [0.717, 1.165) is 5.56 Å². The molecule has 2 rings (SSSR count). The van der Waals surface area contributed by atoms with Gasteiger partial charge in [-0.15, -0.1) is 0 Å². The third-order valence-corrected chi connectivity index (χ3v) is 4.25. The Balaban J connectivity index is 1.97. The average Bonchev–Trinajstić information content (AvgIpc) is 2.75. The highest BCUT2D eigenvalue weighted by molar-refractivity contribution is 6.10. The summed E-state index contributed by atoms with van der Waals surface area (Å²) in [6, 6.07) is 10.4. The summed E-state index contributed by atoms with van der Waals surface area (Å²) in [5.74, 6) is 0.494. The predicted molar refractivity (Wildman–Crippen MR) is 111 cm³/mol. The van der Waals surface area contributed by atoms with Crippen LogP contribution in [-0.2, 0) is 22.8 Å². The van der Waals surface area contributed by atoms with Crippen LogP contribution >= 0.6 is 0 Å². The highest BCUT2D eigenvalue weighted by Crippen LogP contribution is 2.28. The number of aliphatic hydroxyl groups excluding tert-OH is 2. The maximum Gasteiger partial charge on any atom is 0.163 e. The van der Waals surface area contributed by atoms with E-state index in [4.69, 9.17) is 9.47 Å². The molecule has 0 aliphatic carbocycles. The average molecular weight is 396 g/mol. The molecule has 2 aromatic rings. The quantitative estimate of drug-likeness (QED) is 0.474. The Kier molecular flexibility index (Phi) is 8.33. The van der Waals surface area contributed by atoms with Crippen molar-refractivity contribution in [1.82, 2.24) is 0 Å². The molecule has 0 amide bonds. The number of hydrogen-bond acceptors (Lipinski definition) is 6. The first-order valence-electron chi connectivity index (χ1n) is 8.98. The first kappa shape index (κ1) is 22.1. The standard InChI is InChI=1S/C23H24O6/c1-28-22-10-6-17(12-23(22)29-2)5-9-21(27)13-20(26)8-4-16-3-7-18(14-24)19(11-16)15-25/h3-12,24-25H,13-15H2,1-2H3. The number of hydrogen-bond donors (Lipinski definition) is 2. The van der Waals surface area contributed by atoms with Gasteiger partial charge in [-0.05, 0) is 52.6 Å². The van der Waals surface area contributed by atoms with Gasteiger partial charge in [-0.25, -0.2) is 0 Å². The predicted octanol–water partition coefficient (Wildman–Crippen LogP) is 2.94. The van der Waals surface area contributed by atoms with Gasteiger partial charge >= 0.3 is 0 Å². The van der Waals surface area contributed by atoms with Gasteiger partial charge in [0.15, 0.2) is 23.1 Å². The molecule has 29 heavy (non-hydrogen) atoms. The van der Waals surface area contributed by atoms with E-state index in [2.05, 4.69) is 0 Å². The second-order valence-electron chi connectivity index (χ2n) is 6.23. The number of ketones is 2. The van der Waals surface area contributed by atoms with Gasteiger partial charge in [0.2, 0.25) is 0 Å². The molecule has 2 N–H and O–H groups in total. The van der Waals surface area contributed by atoms with Crippen LogP contribution in [-0.4, -0.2) is 36.0 Å². The van der Waals surface area contributed by atoms with Gasteiger partial charge in [0.1, 0.15) is 0 Å². The maximum atomic E-state index is 12.0. The van der Waals surface area contributed by atoms with E-state index in [1.807, 2.05) is 0 Å². The van der Waals surface area contributed by atoms with Gasteiger partial charge < -0.3 is 19.7 Å². The van der Waals surface area contributed by atoms with Crippen LogP contribution in [0.1, 0.15) is 28.7 Å². The maximum absolute atomic E-state index is 12.0. The molecule has 0 saturated carbocycles. The Bertz CT molecular complexity index is 851. The first-order valence-corrected chi connectivity index (χ1v) is 8.98. The highest BCUT2D eigenvalue weighted by Gasteiger charge is 2.06. The van der Waals surface area contributed by atoms with Crippen molar-refractivity contribution in [2.24, 2.45) is 0 Å². The molecule has 6 nitrogen and oxygen atoms in total. The van der Waals surface area contributed by atoms with Crippen molar-refractivity contribution in [3.05, 3.63) is 70.8 Å². The number of aliphatic hydroxyl groups is 2. The lowest BCUT2D eigenvalue weighted by atomic mass is 10.0. The van der Waals surface area contributed by atoms with Crippen molar-refractivity contribution in [2.75, 3.05) is 14.2 Å². The molecule has 0 aliphatic rings. The van der Waals surface area contributed by atoms with Crippen LogP contribution < -0.4 is 9.47 Å². The van der Waals surface area contributed by atoms with E-state index in [1.54, 1.807) is 55.7 Å². The van der Waals surface area contributed by atoms with E-state index in [9.17, 15) is 19.8 Å². The van der Waals surface area contributed by atoms with Crippen LogP contribution in [0.5, 0.6) is 11.5 Å². The highest BCUT2D eigenvalue weighted by atomic mass is 16.5. The monoisotopic (exact) mass is 396 g/mol. The largest absolute Gasteiger partial charge is 0.493 e. The molecule has 152 valence electrons. The molecule has 0 unspecified atom stereocenters. The molecule has 0 saturated heterocycles. The number of benzene rings is 2. The molecule has 0 bridgehead atoms. The van der Waals surface area contributed by atoms with Crippen molar-refractivity contribution < 1.29 is 29.3 Å². The molecule has 0 aliphatic heterocycles. The number of ether oxygens (including phenoxy) is 2. The fraction of sp³-hybridized carbons (Fsp3) is 0.217. The zero-order valence-corrected chi connectivity index (χ0v) is 16.4. The summed E-state index contributed by atoms with van der Waals surface area (Å²) in [5.41, 5.74) is 2.68. The minimum Gasteiger partial charge on any atom is -0.493 e. The van der Waals surface area contributed by atoms with Gasteiger partial charge in [0, 0.05) is 0 Å². The van der Waals surface area contributed by atoms with Crippen molar-refractivity contribution in [3.63, 3.8) is 0 Å². The summed E-state index contributed by atoms with van der Waals surface area (Å²) in [6.07, 6.45) is 5.63. The third-order valence-electron chi connectivity index (χ3n) is 4.25. The molecule has 6 heteroatoms. The summed E-state index contributed by atoms with van der Waals surface area (Å²) < 4.78 is 10.4. The summed E-state index contributed by atoms with van der Waals surface area (Å²) in [4.78, 5) is 24.1. The van der Waals surface area contributed by atoms with Crippen LogP contribution in [0, 0.1) is 0 Å². The molecule has 0 fully saturated rings. The van der Waals surface area contributed by atoms with Gasteiger partial charge in [0.05, 0.1) is 33.9 Å². The fourth-order valence-electron chi connectivity index (χ4n) is 2.68. The number of carbonyl (C=O) groups excluding carboxylic acids is 2. The molecule has 0 radical (unpaired) electrons. The number of allylic oxidation sites excluding steroid dienone is 2.